The molecule has 1 aliphatic heterocycles. The van der Waals surface area contributed by atoms with Crippen molar-refractivity contribution in [2.75, 3.05) is 6.54 Å². The highest BCUT2D eigenvalue weighted by Gasteiger charge is 2.23. The molecule has 0 aliphatic carbocycles. The predicted octanol–water partition coefficient (Wildman–Crippen LogP) is 2.10. The number of aliphatic hydroxyl groups excluding tert-OH is 1. The topological polar surface area (TPSA) is 58.6 Å². The predicted molar refractivity (Wildman–Crippen MR) is 73.1 cm³/mol. The van der Waals surface area contributed by atoms with Crippen molar-refractivity contribution in [3.63, 3.8) is 0 Å². The molecule has 0 saturated carbocycles. The Bertz CT molecular complexity index is 457. The van der Waals surface area contributed by atoms with E-state index in [2.05, 4.69) is 5.32 Å². The van der Waals surface area contributed by atoms with Crippen molar-refractivity contribution in [3.05, 3.63) is 29.3 Å². The van der Waals surface area contributed by atoms with Crippen LogP contribution in [0, 0.1) is 6.92 Å². The molecule has 1 aromatic carbocycles. The number of ether oxygens (including phenoxy) is 1. The van der Waals surface area contributed by atoms with Gasteiger partial charge in [0.1, 0.15) is 5.75 Å². The number of aryl methyl sites for hydroxylation is 1. The van der Waals surface area contributed by atoms with Gasteiger partial charge in [-0.2, -0.15) is 0 Å². The summed E-state index contributed by atoms with van der Waals surface area (Å²) in [6.45, 7) is 4.39. The highest BCUT2D eigenvalue weighted by Crippen LogP contribution is 2.28. The molecular weight excluding hydrogens is 242 g/mol. The molecule has 0 bridgehead atoms. The van der Waals surface area contributed by atoms with E-state index in [1.165, 1.54) is 0 Å². The number of carbonyl (C=O) groups is 1. The van der Waals surface area contributed by atoms with Crippen LogP contribution in [-0.4, -0.2) is 23.7 Å². The van der Waals surface area contributed by atoms with Crippen LogP contribution in [0.1, 0.15) is 43.4 Å². The van der Waals surface area contributed by atoms with Crippen LogP contribution in [-0.2, 0) is 4.79 Å². The maximum Gasteiger partial charge on any atom is 0.261 e. The molecule has 104 valence electrons. The Hall–Kier alpha value is -1.55. The van der Waals surface area contributed by atoms with E-state index in [1.54, 1.807) is 6.92 Å². The second kappa shape index (κ2) is 6.06. The fourth-order valence-electron chi connectivity index (χ4n) is 2.28. The van der Waals surface area contributed by atoms with Gasteiger partial charge in [-0.15, -0.1) is 0 Å². The number of rotatable bonds is 3. The zero-order chi connectivity index (χ0) is 13.8. The SMILES string of the molecule is Cc1ccc(OC2CCCCNC2=O)c([C@H](C)O)c1. The second-order valence-corrected chi connectivity index (χ2v) is 5.11. The average Bonchev–Trinajstić information content (AvgIpc) is 2.57. The molecule has 0 radical (unpaired) electrons. The third kappa shape index (κ3) is 3.47. The van der Waals surface area contributed by atoms with Crippen LogP contribution < -0.4 is 10.1 Å². The Morgan fingerprint density at radius 1 is 1.42 bits per heavy atom. The van der Waals surface area contributed by atoms with E-state index in [0.717, 1.165) is 36.9 Å². The number of benzene rings is 1. The van der Waals surface area contributed by atoms with Crippen molar-refractivity contribution in [1.82, 2.24) is 5.32 Å². The first kappa shape index (κ1) is 13.9. The summed E-state index contributed by atoms with van der Waals surface area (Å²) in [6, 6.07) is 5.65. The van der Waals surface area contributed by atoms with E-state index in [0.29, 0.717) is 5.75 Å². The van der Waals surface area contributed by atoms with Gasteiger partial charge in [0.2, 0.25) is 0 Å². The zero-order valence-electron chi connectivity index (χ0n) is 11.5. The lowest BCUT2D eigenvalue weighted by molar-refractivity contribution is -0.127. The zero-order valence-corrected chi connectivity index (χ0v) is 11.5. The summed E-state index contributed by atoms with van der Waals surface area (Å²) in [4.78, 5) is 11.9. The molecule has 1 aliphatic rings. The summed E-state index contributed by atoms with van der Waals surface area (Å²) < 4.78 is 5.82. The first-order valence-electron chi connectivity index (χ1n) is 6.81. The third-order valence-electron chi connectivity index (χ3n) is 3.37. The number of aliphatic hydroxyl groups is 1. The molecule has 4 heteroatoms. The molecule has 1 saturated heterocycles. The standard InChI is InChI=1S/C15H21NO3/c1-10-6-7-13(12(9-10)11(2)17)19-14-5-3-4-8-16-15(14)18/h6-7,9,11,14,17H,3-5,8H2,1-2H3,(H,16,18)/t11-,14?/m0/s1. The van der Waals surface area contributed by atoms with Gasteiger partial charge in [0.25, 0.3) is 5.91 Å². The Balaban J connectivity index is 2.19. The summed E-state index contributed by atoms with van der Waals surface area (Å²) in [5, 5.41) is 12.6. The van der Waals surface area contributed by atoms with E-state index in [4.69, 9.17) is 4.74 Å². The normalized spacial score (nSPS) is 21.4. The van der Waals surface area contributed by atoms with E-state index < -0.39 is 12.2 Å². The molecule has 0 spiro atoms. The van der Waals surface area contributed by atoms with E-state index in [1.807, 2.05) is 25.1 Å². The van der Waals surface area contributed by atoms with Crippen molar-refractivity contribution in [2.24, 2.45) is 0 Å². The van der Waals surface area contributed by atoms with Gasteiger partial charge in [0.15, 0.2) is 6.10 Å². The van der Waals surface area contributed by atoms with Crippen molar-refractivity contribution >= 4 is 5.91 Å². The van der Waals surface area contributed by atoms with Crippen LogP contribution in [0.4, 0.5) is 0 Å². The minimum Gasteiger partial charge on any atom is -0.480 e. The molecule has 1 heterocycles. The Morgan fingerprint density at radius 2 is 2.21 bits per heavy atom. The summed E-state index contributed by atoms with van der Waals surface area (Å²) in [5.41, 5.74) is 1.80. The van der Waals surface area contributed by atoms with Gasteiger partial charge in [-0.3, -0.25) is 4.79 Å². The highest BCUT2D eigenvalue weighted by molar-refractivity contribution is 5.81. The lowest BCUT2D eigenvalue weighted by Crippen LogP contribution is -2.36. The van der Waals surface area contributed by atoms with Gasteiger partial charge >= 0.3 is 0 Å². The summed E-state index contributed by atoms with van der Waals surface area (Å²) in [5.74, 6) is 0.539. The molecule has 4 nitrogen and oxygen atoms in total. The molecule has 2 rings (SSSR count). The van der Waals surface area contributed by atoms with Crippen LogP contribution in [0.5, 0.6) is 5.75 Å². The minimum atomic E-state index is -0.608. The molecule has 1 amide bonds. The number of hydrogen-bond acceptors (Lipinski definition) is 3. The molecule has 19 heavy (non-hydrogen) atoms. The maximum atomic E-state index is 11.9. The number of carbonyl (C=O) groups excluding carboxylic acids is 1. The molecule has 2 atom stereocenters. The smallest absolute Gasteiger partial charge is 0.261 e. The van der Waals surface area contributed by atoms with Crippen LogP contribution in [0.2, 0.25) is 0 Å². The molecular formula is C15H21NO3. The number of nitrogens with one attached hydrogen (secondary N) is 1. The fourth-order valence-corrected chi connectivity index (χ4v) is 2.28. The quantitative estimate of drug-likeness (QED) is 0.878. The van der Waals surface area contributed by atoms with Crippen LogP contribution in [0.15, 0.2) is 18.2 Å². The fraction of sp³-hybridized carbons (Fsp3) is 0.533. The Morgan fingerprint density at radius 3 is 2.95 bits per heavy atom. The average molecular weight is 263 g/mol. The Labute approximate surface area is 113 Å². The van der Waals surface area contributed by atoms with Crippen LogP contribution in [0.3, 0.4) is 0 Å². The van der Waals surface area contributed by atoms with E-state index in [-0.39, 0.29) is 5.91 Å². The second-order valence-electron chi connectivity index (χ2n) is 5.11. The molecule has 1 unspecified atom stereocenters. The van der Waals surface area contributed by atoms with E-state index >= 15 is 0 Å². The first-order chi connectivity index (χ1) is 9.08. The van der Waals surface area contributed by atoms with Gasteiger partial charge in [0.05, 0.1) is 6.10 Å². The highest BCUT2D eigenvalue weighted by atomic mass is 16.5. The van der Waals surface area contributed by atoms with Crippen molar-refractivity contribution in [3.8, 4) is 5.75 Å². The van der Waals surface area contributed by atoms with Gasteiger partial charge in [-0.05, 0) is 45.2 Å². The Kier molecular flexibility index (Phi) is 4.43. The first-order valence-corrected chi connectivity index (χ1v) is 6.81. The largest absolute Gasteiger partial charge is 0.480 e. The number of hydrogen-bond donors (Lipinski definition) is 2. The van der Waals surface area contributed by atoms with Crippen molar-refractivity contribution < 1.29 is 14.6 Å². The molecule has 2 N–H and O–H groups in total. The van der Waals surface area contributed by atoms with Gasteiger partial charge in [-0.1, -0.05) is 11.6 Å². The lowest BCUT2D eigenvalue weighted by Gasteiger charge is -2.19. The van der Waals surface area contributed by atoms with Crippen LogP contribution >= 0.6 is 0 Å². The molecule has 1 fully saturated rings. The summed E-state index contributed by atoms with van der Waals surface area (Å²) in [7, 11) is 0. The maximum absolute atomic E-state index is 11.9. The molecule has 0 aromatic heterocycles. The van der Waals surface area contributed by atoms with E-state index in [9.17, 15) is 9.90 Å². The monoisotopic (exact) mass is 263 g/mol. The lowest BCUT2D eigenvalue weighted by atomic mass is 10.1. The minimum absolute atomic E-state index is 0.0605. The van der Waals surface area contributed by atoms with Crippen molar-refractivity contribution in [1.29, 1.82) is 0 Å². The van der Waals surface area contributed by atoms with Crippen LogP contribution in [0.25, 0.3) is 0 Å². The summed E-state index contributed by atoms with van der Waals surface area (Å²) >= 11 is 0. The van der Waals surface area contributed by atoms with Gasteiger partial charge in [-0.25, -0.2) is 0 Å². The van der Waals surface area contributed by atoms with Gasteiger partial charge in [0, 0.05) is 12.1 Å². The third-order valence-corrected chi connectivity index (χ3v) is 3.37. The number of amides is 1. The summed E-state index contributed by atoms with van der Waals surface area (Å²) in [6.07, 6.45) is 1.62. The van der Waals surface area contributed by atoms with Gasteiger partial charge < -0.3 is 15.2 Å². The molecule has 1 aromatic rings. The van der Waals surface area contributed by atoms with Crippen molar-refractivity contribution in [2.45, 2.75) is 45.3 Å².